The number of aromatic nitrogens is 1. The van der Waals surface area contributed by atoms with Gasteiger partial charge in [0.1, 0.15) is 17.2 Å². The van der Waals surface area contributed by atoms with Gasteiger partial charge >= 0.3 is 6.09 Å². The molecule has 1 aromatic carbocycles. The van der Waals surface area contributed by atoms with Gasteiger partial charge in [0.25, 0.3) is 5.56 Å². The van der Waals surface area contributed by atoms with Crippen molar-refractivity contribution >= 4 is 6.09 Å². The van der Waals surface area contributed by atoms with E-state index in [-0.39, 0.29) is 18.2 Å². The molecule has 0 spiro atoms. The van der Waals surface area contributed by atoms with E-state index in [1.807, 2.05) is 25.7 Å². The predicted octanol–water partition coefficient (Wildman–Crippen LogP) is 2.93. The van der Waals surface area contributed by atoms with Gasteiger partial charge in [-0.15, -0.1) is 0 Å². The van der Waals surface area contributed by atoms with Crippen LogP contribution in [0.3, 0.4) is 0 Å². The average molecular weight is 435 g/mol. The predicted molar refractivity (Wildman–Crippen MR) is 111 cm³/mol. The van der Waals surface area contributed by atoms with Gasteiger partial charge in [0.15, 0.2) is 5.75 Å². The van der Waals surface area contributed by atoms with Crippen LogP contribution in [0.15, 0.2) is 35.3 Å². The topological polar surface area (TPSA) is 75.0 Å². The highest BCUT2D eigenvalue weighted by Crippen LogP contribution is 2.18. The van der Waals surface area contributed by atoms with E-state index in [9.17, 15) is 23.5 Å². The van der Waals surface area contributed by atoms with Crippen molar-refractivity contribution in [3.8, 4) is 5.75 Å². The zero-order valence-corrected chi connectivity index (χ0v) is 17.9. The number of halogens is 2. The minimum Gasteiger partial charge on any atom is -0.503 e. The van der Waals surface area contributed by atoms with Crippen molar-refractivity contribution in [3.63, 3.8) is 0 Å². The molecule has 0 atom stereocenters. The Morgan fingerprint density at radius 1 is 1.06 bits per heavy atom. The summed E-state index contributed by atoms with van der Waals surface area (Å²) in [5.74, 6) is -1.95. The largest absolute Gasteiger partial charge is 0.503 e. The lowest BCUT2D eigenvalue weighted by atomic mass is 10.1. The van der Waals surface area contributed by atoms with Crippen LogP contribution in [0.2, 0.25) is 0 Å². The maximum atomic E-state index is 13.9. The number of carbonyl (C=O) groups excluding carboxylic acids is 1. The normalized spacial score (nSPS) is 15.2. The maximum absolute atomic E-state index is 13.9. The molecule has 0 saturated carbocycles. The minimum atomic E-state index is -0.752. The van der Waals surface area contributed by atoms with Gasteiger partial charge in [0.2, 0.25) is 0 Å². The van der Waals surface area contributed by atoms with E-state index in [0.717, 1.165) is 16.7 Å². The monoisotopic (exact) mass is 435 g/mol. The Bertz CT molecular complexity index is 989. The molecule has 31 heavy (non-hydrogen) atoms. The molecule has 2 aromatic rings. The number of piperazine rings is 1. The summed E-state index contributed by atoms with van der Waals surface area (Å²) in [4.78, 5) is 28.3. The highest BCUT2D eigenvalue weighted by Gasteiger charge is 2.26. The van der Waals surface area contributed by atoms with Crippen LogP contribution in [0.5, 0.6) is 5.75 Å². The molecule has 1 aromatic heterocycles. The lowest BCUT2D eigenvalue weighted by Crippen LogP contribution is -2.49. The average Bonchev–Trinajstić information content (AvgIpc) is 2.69. The van der Waals surface area contributed by atoms with Crippen molar-refractivity contribution in [2.24, 2.45) is 0 Å². The maximum Gasteiger partial charge on any atom is 0.410 e. The van der Waals surface area contributed by atoms with Crippen LogP contribution < -0.4 is 5.56 Å². The van der Waals surface area contributed by atoms with Crippen LogP contribution in [0.4, 0.5) is 13.6 Å². The first-order valence-corrected chi connectivity index (χ1v) is 10.1. The van der Waals surface area contributed by atoms with E-state index in [2.05, 4.69) is 0 Å². The molecule has 0 radical (unpaired) electrons. The number of nitrogens with zero attached hydrogens (tertiary/aromatic N) is 3. The second-order valence-electron chi connectivity index (χ2n) is 8.57. The van der Waals surface area contributed by atoms with Crippen LogP contribution in [0.25, 0.3) is 0 Å². The number of hydrogen-bond donors (Lipinski definition) is 1. The van der Waals surface area contributed by atoms with Gasteiger partial charge in [0.05, 0.1) is 6.54 Å². The number of benzene rings is 1. The molecule has 1 N–H and O–H groups in total. The molecule has 0 aliphatic carbocycles. The number of amides is 1. The van der Waals surface area contributed by atoms with Crippen molar-refractivity contribution in [1.82, 2.24) is 14.4 Å². The third-order valence-corrected chi connectivity index (χ3v) is 5.03. The Morgan fingerprint density at radius 3 is 2.26 bits per heavy atom. The van der Waals surface area contributed by atoms with E-state index in [1.165, 1.54) is 12.3 Å². The number of pyridine rings is 1. The fraction of sp³-hybridized carbons (Fsp3) is 0.455. The van der Waals surface area contributed by atoms with E-state index >= 15 is 0 Å². The summed E-state index contributed by atoms with van der Waals surface area (Å²) in [5, 5.41) is 10.4. The number of rotatable bonds is 4. The van der Waals surface area contributed by atoms with Crippen molar-refractivity contribution in [2.45, 2.75) is 39.5 Å². The molecule has 7 nitrogen and oxygen atoms in total. The fourth-order valence-corrected chi connectivity index (χ4v) is 3.36. The molecule has 3 rings (SSSR count). The van der Waals surface area contributed by atoms with Gasteiger partial charge in [-0.05, 0) is 39.0 Å². The third-order valence-electron chi connectivity index (χ3n) is 5.03. The summed E-state index contributed by atoms with van der Waals surface area (Å²) in [6.45, 7) is 7.49. The summed E-state index contributed by atoms with van der Waals surface area (Å²) in [6.07, 6.45) is 1.05. The van der Waals surface area contributed by atoms with Crippen LogP contribution in [-0.4, -0.2) is 57.3 Å². The number of ether oxygens (including phenoxy) is 1. The van der Waals surface area contributed by atoms with Crippen LogP contribution >= 0.6 is 0 Å². The van der Waals surface area contributed by atoms with Crippen LogP contribution in [0, 0.1) is 11.6 Å². The lowest BCUT2D eigenvalue weighted by Gasteiger charge is -2.35. The van der Waals surface area contributed by atoms with Crippen molar-refractivity contribution in [2.75, 3.05) is 26.2 Å². The lowest BCUT2D eigenvalue weighted by molar-refractivity contribution is 0.0138. The number of carbonyl (C=O) groups is 1. The Labute approximate surface area is 179 Å². The van der Waals surface area contributed by atoms with Crippen molar-refractivity contribution in [1.29, 1.82) is 0 Å². The molecule has 9 heteroatoms. The standard InChI is InChI=1S/C22H27F2N3O4/c1-22(2,3)31-21(30)26-11-9-25(10-12-26)13-15-7-8-27(20(29)19(15)28)14-16-17(23)5-4-6-18(16)24/h4-8,28H,9-14H2,1-3H3. The first-order valence-electron chi connectivity index (χ1n) is 10.1. The van der Waals surface area contributed by atoms with E-state index in [1.54, 1.807) is 11.0 Å². The van der Waals surface area contributed by atoms with Gasteiger partial charge in [0, 0.05) is 50.0 Å². The van der Waals surface area contributed by atoms with Crippen molar-refractivity contribution in [3.05, 3.63) is 63.6 Å². The molecule has 0 unspecified atom stereocenters. The van der Waals surface area contributed by atoms with Crippen molar-refractivity contribution < 1.29 is 23.4 Å². The second-order valence-corrected chi connectivity index (χ2v) is 8.57. The Kier molecular flexibility index (Phi) is 6.64. The van der Waals surface area contributed by atoms with Gasteiger partial charge in [-0.1, -0.05) is 6.07 Å². The Morgan fingerprint density at radius 2 is 1.68 bits per heavy atom. The molecule has 0 bridgehead atoms. The summed E-state index contributed by atoms with van der Waals surface area (Å²) in [5.41, 5.74) is -1.10. The van der Waals surface area contributed by atoms with E-state index in [4.69, 9.17) is 4.74 Å². The zero-order chi connectivity index (χ0) is 22.8. The number of hydrogen-bond acceptors (Lipinski definition) is 5. The number of aromatic hydroxyl groups is 1. The van der Waals surface area contributed by atoms with Gasteiger partial charge in [-0.2, -0.15) is 0 Å². The molecular formula is C22H27F2N3O4. The highest BCUT2D eigenvalue weighted by atomic mass is 19.1. The molecule has 1 aliphatic rings. The molecule has 1 fully saturated rings. The molecule has 1 aliphatic heterocycles. The fourth-order valence-electron chi connectivity index (χ4n) is 3.36. The highest BCUT2D eigenvalue weighted by molar-refractivity contribution is 5.68. The van der Waals surface area contributed by atoms with Crippen LogP contribution in [0.1, 0.15) is 31.9 Å². The first-order chi connectivity index (χ1) is 14.5. The Balaban J connectivity index is 1.64. The van der Waals surface area contributed by atoms with Gasteiger partial charge < -0.3 is 19.3 Å². The minimum absolute atomic E-state index is 0.241. The zero-order valence-electron chi connectivity index (χ0n) is 17.9. The molecule has 1 saturated heterocycles. The summed E-state index contributed by atoms with van der Waals surface area (Å²) in [7, 11) is 0. The first kappa shape index (κ1) is 22.7. The third kappa shape index (κ3) is 5.61. The quantitative estimate of drug-likeness (QED) is 0.799. The van der Waals surface area contributed by atoms with E-state index < -0.39 is 28.5 Å². The van der Waals surface area contributed by atoms with Gasteiger partial charge in [-0.25, -0.2) is 13.6 Å². The van der Waals surface area contributed by atoms with Gasteiger partial charge in [-0.3, -0.25) is 9.69 Å². The SMILES string of the molecule is CC(C)(C)OC(=O)N1CCN(Cc2ccn(Cc3c(F)cccc3F)c(=O)c2O)CC1. The second kappa shape index (κ2) is 9.05. The molecule has 168 valence electrons. The molecular weight excluding hydrogens is 408 g/mol. The smallest absolute Gasteiger partial charge is 0.410 e. The molecule has 1 amide bonds. The summed E-state index contributed by atoms with van der Waals surface area (Å²) in [6, 6.07) is 5.05. The van der Waals surface area contributed by atoms with E-state index in [0.29, 0.717) is 38.3 Å². The Hall–Kier alpha value is -2.94. The molecule has 2 heterocycles. The van der Waals surface area contributed by atoms with Crippen LogP contribution in [-0.2, 0) is 17.8 Å². The summed E-state index contributed by atoms with van der Waals surface area (Å²) >= 11 is 0. The summed E-state index contributed by atoms with van der Waals surface area (Å²) < 4.78 is 34.2.